The normalized spacial score (nSPS) is 10.9. The number of aromatic nitrogens is 1. The van der Waals surface area contributed by atoms with Gasteiger partial charge in [-0.15, -0.1) is 0 Å². The molecule has 0 spiro atoms. The summed E-state index contributed by atoms with van der Waals surface area (Å²) in [5, 5.41) is 2.86. The van der Waals surface area contributed by atoms with Crippen molar-refractivity contribution in [2.45, 2.75) is 19.8 Å². The fraction of sp³-hybridized carbons (Fsp3) is 0.300. The first-order valence-electron chi connectivity index (χ1n) is 8.48. The summed E-state index contributed by atoms with van der Waals surface area (Å²) in [4.78, 5) is 17.2. The van der Waals surface area contributed by atoms with Crippen LogP contribution in [0.15, 0.2) is 34.7 Å². The molecule has 1 heterocycles. The van der Waals surface area contributed by atoms with Gasteiger partial charge in [0.15, 0.2) is 23.0 Å². The molecule has 0 radical (unpaired) electrons. The monoisotopic (exact) mass is 370 g/mol. The van der Waals surface area contributed by atoms with Gasteiger partial charge in [0.25, 0.3) is 5.91 Å². The Balaban J connectivity index is 1.91. The second kappa shape index (κ2) is 7.57. The summed E-state index contributed by atoms with van der Waals surface area (Å²) in [6.45, 7) is 4.02. The molecule has 0 bridgehead atoms. The molecule has 142 valence electrons. The molecule has 1 aromatic heterocycles. The number of hydrogen-bond donors (Lipinski definition) is 1. The van der Waals surface area contributed by atoms with Crippen LogP contribution in [0.3, 0.4) is 0 Å². The van der Waals surface area contributed by atoms with Crippen LogP contribution in [0.1, 0.15) is 36.0 Å². The highest BCUT2D eigenvalue weighted by molar-refractivity contribution is 6.07. The molecular formula is C20H22N2O5. The molecule has 0 atom stereocenters. The van der Waals surface area contributed by atoms with Crippen LogP contribution in [0.4, 0.5) is 5.69 Å². The van der Waals surface area contributed by atoms with Gasteiger partial charge in [-0.25, -0.2) is 4.98 Å². The number of methoxy groups -OCH3 is 3. The number of ether oxygens (including phenoxy) is 3. The minimum Gasteiger partial charge on any atom is -0.496 e. The van der Waals surface area contributed by atoms with E-state index in [2.05, 4.69) is 10.3 Å². The molecule has 7 heteroatoms. The number of nitrogens with zero attached hydrogens (tertiary/aromatic N) is 1. The third-order valence-corrected chi connectivity index (χ3v) is 4.11. The van der Waals surface area contributed by atoms with Crippen molar-refractivity contribution in [1.29, 1.82) is 0 Å². The summed E-state index contributed by atoms with van der Waals surface area (Å²) < 4.78 is 21.5. The fourth-order valence-electron chi connectivity index (χ4n) is 2.68. The standard InChI is InChI=1S/C20H22N2O5/c1-11(2)20-22-14-8-12(6-7-15(14)27-20)21-19(23)13-9-17(25-4)18(26-5)10-16(13)24-3/h6-11H,1-5H3,(H,21,23). The third kappa shape index (κ3) is 3.67. The van der Waals surface area contributed by atoms with E-state index in [9.17, 15) is 4.79 Å². The number of carbonyl (C=O) groups is 1. The molecule has 27 heavy (non-hydrogen) atoms. The Hall–Kier alpha value is -3.22. The van der Waals surface area contributed by atoms with Crippen LogP contribution in [-0.4, -0.2) is 32.2 Å². The van der Waals surface area contributed by atoms with E-state index in [-0.39, 0.29) is 11.8 Å². The molecule has 0 aliphatic carbocycles. The van der Waals surface area contributed by atoms with Crippen molar-refractivity contribution in [2.75, 3.05) is 26.6 Å². The number of hydrogen-bond acceptors (Lipinski definition) is 6. The van der Waals surface area contributed by atoms with Crippen LogP contribution in [0.2, 0.25) is 0 Å². The molecule has 0 aliphatic heterocycles. The summed E-state index contributed by atoms with van der Waals surface area (Å²) in [5.41, 5.74) is 2.31. The van der Waals surface area contributed by atoms with Crippen molar-refractivity contribution in [3.8, 4) is 17.2 Å². The molecule has 0 fully saturated rings. The zero-order chi connectivity index (χ0) is 19.6. The van der Waals surface area contributed by atoms with Gasteiger partial charge in [0.05, 0.1) is 26.9 Å². The molecule has 1 amide bonds. The van der Waals surface area contributed by atoms with Gasteiger partial charge in [0.2, 0.25) is 0 Å². The van der Waals surface area contributed by atoms with Gasteiger partial charge in [0, 0.05) is 23.7 Å². The van der Waals surface area contributed by atoms with Crippen LogP contribution >= 0.6 is 0 Å². The van der Waals surface area contributed by atoms with Gasteiger partial charge in [-0.05, 0) is 18.2 Å². The average molecular weight is 370 g/mol. The van der Waals surface area contributed by atoms with E-state index in [0.29, 0.717) is 45.5 Å². The molecule has 7 nitrogen and oxygen atoms in total. The van der Waals surface area contributed by atoms with Gasteiger partial charge >= 0.3 is 0 Å². The van der Waals surface area contributed by atoms with Crippen LogP contribution in [0.25, 0.3) is 11.1 Å². The van der Waals surface area contributed by atoms with Crippen molar-refractivity contribution >= 4 is 22.7 Å². The number of nitrogens with one attached hydrogen (secondary N) is 1. The summed E-state index contributed by atoms with van der Waals surface area (Å²) in [6.07, 6.45) is 0. The minimum absolute atomic E-state index is 0.187. The maximum absolute atomic E-state index is 12.8. The first kappa shape index (κ1) is 18.6. The Morgan fingerprint density at radius 1 is 1.00 bits per heavy atom. The fourth-order valence-corrected chi connectivity index (χ4v) is 2.68. The SMILES string of the molecule is COc1cc(OC)c(C(=O)Nc2ccc3oc(C(C)C)nc3c2)cc1OC. The lowest BCUT2D eigenvalue weighted by Crippen LogP contribution is -2.13. The van der Waals surface area contributed by atoms with Crippen molar-refractivity contribution in [2.24, 2.45) is 0 Å². The minimum atomic E-state index is -0.334. The van der Waals surface area contributed by atoms with Crippen LogP contribution in [0, 0.1) is 0 Å². The summed E-state index contributed by atoms with van der Waals surface area (Å²) in [6, 6.07) is 8.52. The zero-order valence-electron chi connectivity index (χ0n) is 16.0. The topological polar surface area (TPSA) is 82.8 Å². The number of benzene rings is 2. The second-order valence-corrected chi connectivity index (χ2v) is 6.25. The molecule has 2 aromatic carbocycles. The number of fused-ring (bicyclic) bond motifs is 1. The van der Waals surface area contributed by atoms with E-state index in [4.69, 9.17) is 18.6 Å². The van der Waals surface area contributed by atoms with E-state index < -0.39 is 0 Å². The lowest BCUT2D eigenvalue weighted by molar-refractivity contribution is 0.102. The molecule has 3 aromatic rings. The Morgan fingerprint density at radius 2 is 1.67 bits per heavy atom. The Bertz CT molecular complexity index is 978. The quantitative estimate of drug-likeness (QED) is 0.699. The van der Waals surface area contributed by atoms with Gasteiger partial charge < -0.3 is 23.9 Å². The molecule has 0 aliphatic rings. The maximum Gasteiger partial charge on any atom is 0.259 e. The highest BCUT2D eigenvalue weighted by atomic mass is 16.5. The maximum atomic E-state index is 12.8. The van der Waals surface area contributed by atoms with Crippen LogP contribution in [-0.2, 0) is 0 Å². The van der Waals surface area contributed by atoms with E-state index >= 15 is 0 Å². The second-order valence-electron chi connectivity index (χ2n) is 6.25. The highest BCUT2D eigenvalue weighted by Crippen LogP contribution is 2.35. The van der Waals surface area contributed by atoms with Crippen molar-refractivity contribution in [3.63, 3.8) is 0 Å². The summed E-state index contributed by atoms with van der Waals surface area (Å²) in [5.74, 6) is 1.82. The Morgan fingerprint density at radius 3 is 2.30 bits per heavy atom. The van der Waals surface area contributed by atoms with Crippen LogP contribution in [0.5, 0.6) is 17.2 Å². The molecule has 3 rings (SSSR count). The predicted octanol–water partition coefficient (Wildman–Crippen LogP) is 4.23. The summed E-state index contributed by atoms with van der Waals surface area (Å²) >= 11 is 0. The predicted molar refractivity (Wildman–Crippen MR) is 102 cm³/mol. The number of oxazole rings is 1. The molecule has 0 saturated heterocycles. The van der Waals surface area contributed by atoms with E-state index in [1.165, 1.54) is 21.3 Å². The molecular weight excluding hydrogens is 348 g/mol. The largest absolute Gasteiger partial charge is 0.496 e. The summed E-state index contributed by atoms with van der Waals surface area (Å²) in [7, 11) is 4.53. The number of amides is 1. The van der Waals surface area contributed by atoms with Gasteiger partial charge in [-0.3, -0.25) is 4.79 Å². The molecule has 0 saturated carbocycles. The number of anilines is 1. The number of rotatable bonds is 6. The third-order valence-electron chi connectivity index (χ3n) is 4.11. The van der Waals surface area contributed by atoms with Gasteiger partial charge in [-0.1, -0.05) is 13.8 Å². The van der Waals surface area contributed by atoms with Gasteiger partial charge in [0.1, 0.15) is 11.3 Å². The average Bonchev–Trinajstić information content (AvgIpc) is 3.10. The Kier molecular flexibility index (Phi) is 5.21. The van der Waals surface area contributed by atoms with Crippen molar-refractivity contribution < 1.29 is 23.4 Å². The van der Waals surface area contributed by atoms with Crippen LogP contribution < -0.4 is 19.5 Å². The molecule has 0 unspecified atom stereocenters. The number of carbonyl (C=O) groups excluding carboxylic acids is 1. The smallest absolute Gasteiger partial charge is 0.259 e. The Labute approximate surface area is 157 Å². The first-order valence-corrected chi connectivity index (χ1v) is 8.48. The van der Waals surface area contributed by atoms with E-state index in [0.717, 1.165) is 0 Å². The van der Waals surface area contributed by atoms with E-state index in [1.54, 1.807) is 30.3 Å². The lowest BCUT2D eigenvalue weighted by Gasteiger charge is -2.14. The van der Waals surface area contributed by atoms with E-state index in [1.807, 2.05) is 13.8 Å². The van der Waals surface area contributed by atoms with Gasteiger partial charge in [-0.2, -0.15) is 0 Å². The van der Waals surface area contributed by atoms with Crippen molar-refractivity contribution in [3.05, 3.63) is 41.8 Å². The lowest BCUT2D eigenvalue weighted by atomic mass is 10.1. The highest BCUT2D eigenvalue weighted by Gasteiger charge is 2.18. The zero-order valence-corrected chi connectivity index (χ0v) is 16.0. The first-order chi connectivity index (χ1) is 13.0. The molecule has 1 N–H and O–H groups in total. The van der Waals surface area contributed by atoms with Crippen molar-refractivity contribution in [1.82, 2.24) is 4.98 Å².